The third-order valence-electron chi connectivity index (χ3n) is 2.35. The van der Waals surface area contributed by atoms with E-state index in [2.05, 4.69) is 10.0 Å². The Balaban J connectivity index is 2.56. The lowest BCUT2D eigenvalue weighted by Crippen LogP contribution is -2.40. The maximum atomic E-state index is 11.2. The zero-order chi connectivity index (χ0) is 10.6. The number of azide groups is 1. The maximum Gasteiger partial charge on any atom is 0.211 e. The summed E-state index contributed by atoms with van der Waals surface area (Å²) in [5.41, 5.74) is 8.15. The highest BCUT2D eigenvalue weighted by Gasteiger charge is 2.25. The van der Waals surface area contributed by atoms with E-state index >= 15 is 0 Å². The van der Waals surface area contributed by atoms with Crippen LogP contribution in [0.1, 0.15) is 12.8 Å². The van der Waals surface area contributed by atoms with Crippen molar-refractivity contribution < 1.29 is 8.42 Å². The lowest BCUT2D eigenvalue weighted by atomic mass is 10.0. The van der Waals surface area contributed by atoms with Crippen molar-refractivity contribution in [2.24, 2.45) is 11.0 Å². The van der Waals surface area contributed by atoms with Gasteiger partial charge in [0, 0.05) is 24.5 Å². The van der Waals surface area contributed by atoms with E-state index in [0.717, 1.165) is 12.8 Å². The quantitative estimate of drug-likeness (QED) is 0.401. The Kier molecular flexibility index (Phi) is 3.74. The molecular formula is C7H14N4O2S. The van der Waals surface area contributed by atoms with E-state index in [1.807, 2.05) is 0 Å². The fourth-order valence-electron chi connectivity index (χ4n) is 1.63. The van der Waals surface area contributed by atoms with Crippen molar-refractivity contribution >= 4 is 10.0 Å². The van der Waals surface area contributed by atoms with E-state index < -0.39 is 10.0 Å². The Labute approximate surface area is 83.6 Å². The third kappa shape index (κ3) is 3.17. The van der Waals surface area contributed by atoms with Crippen LogP contribution in [0.2, 0.25) is 0 Å². The minimum Gasteiger partial charge on any atom is -0.213 e. The molecule has 0 spiro atoms. The van der Waals surface area contributed by atoms with Gasteiger partial charge < -0.3 is 0 Å². The van der Waals surface area contributed by atoms with Gasteiger partial charge in [0.05, 0.1) is 6.26 Å². The fraction of sp³-hybridized carbons (Fsp3) is 1.00. The lowest BCUT2D eigenvalue weighted by Gasteiger charge is -2.29. The topological polar surface area (TPSA) is 86.1 Å². The molecule has 80 valence electrons. The van der Waals surface area contributed by atoms with Gasteiger partial charge in [-0.15, -0.1) is 0 Å². The van der Waals surface area contributed by atoms with Crippen LogP contribution < -0.4 is 0 Å². The van der Waals surface area contributed by atoms with Gasteiger partial charge in [-0.3, -0.25) is 0 Å². The normalized spacial score (nSPS) is 24.2. The van der Waals surface area contributed by atoms with Crippen LogP contribution in [0.25, 0.3) is 10.4 Å². The predicted octanol–water partition coefficient (Wildman–Crippen LogP) is 0.968. The van der Waals surface area contributed by atoms with Gasteiger partial charge in [-0.2, -0.15) is 0 Å². The molecule has 0 aliphatic carbocycles. The van der Waals surface area contributed by atoms with Crippen molar-refractivity contribution in [1.29, 1.82) is 0 Å². The molecule has 7 heteroatoms. The molecule has 1 heterocycles. The Hall–Kier alpha value is -0.780. The van der Waals surface area contributed by atoms with Crippen LogP contribution in [-0.4, -0.2) is 38.6 Å². The molecule has 0 saturated carbocycles. The van der Waals surface area contributed by atoms with Crippen molar-refractivity contribution in [3.8, 4) is 0 Å². The van der Waals surface area contributed by atoms with Gasteiger partial charge in [-0.05, 0) is 24.3 Å². The molecule has 0 amide bonds. The average molecular weight is 218 g/mol. The second-order valence-electron chi connectivity index (χ2n) is 3.54. The Bertz CT molecular complexity index is 334. The van der Waals surface area contributed by atoms with E-state index in [1.54, 1.807) is 0 Å². The molecule has 1 rings (SSSR count). The Morgan fingerprint density at radius 3 is 2.93 bits per heavy atom. The molecule has 14 heavy (non-hydrogen) atoms. The van der Waals surface area contributed by atoms with Gasteiger partial charge in [0.2, 0.25) is 10.0 Å². The summed E-state index contributed by atoms with van der Waals surface area (Å²) in [6.07, 6.45) is 2.99. The van der Waals surface area contributed by atoms with Crippen molar-refractivity contribution in [2.45, 2.75) is 12.8 Å². The standard InChI is InChI=1S/C7H14N4O2S/c1-14(12,13)11-4-2-3-7(6-11)5-9-10-8/h7H,2-6H2,1H3. The summed E-state index contributed by atoms with van der Waals surface area (Å²) in [4.78, 5) is 2.67. The molecule has 6 nitrogen and oxygen atoms in total. The number of sulfonamides is 1. The van der Waals surface area contributed by atoms with Crippen LogP contribution >= 0.6 is 0 Å². The summed E-state index contributed by atoms with van der Waals surface area (Å²) in [6.45, 7) is 1.46. The Morgan fingerprint density at radius 1 is 1.64 bits per heavy atom. The molecule has 0 radical (unpaired) electrons. The predicted molar refractivity (Wildman–Crippen MR) is 53.2 cm³/mol. The zero-order valence-electron chi connectivity index (χ0n) is 8.13. The average Bonchev–Trinajstić information content (AvgIpc) is 2.14. The molecule has 1 atom stereocenters. The molecule has 1 fully saturated rings. The van der Waals surface area contributed by atoms with Crippen molar-refractivity contribution in [2.75, 3.05) is 25.9 Å². The highest BCUT2D eigenvalue weighted by Crippen LogP contribution is 2.18. The first kappa shape index (κ1) is 11.3. The van der Waals surface area contributed by atoms with E-state index in [4.69, 9.17) is 5.53 Å². The van der Waals surface area contributed by atoms with Gasteiger partial charge in [0.1, 0.15) is 0 Å². The van der Waals surface area contributed by atoms with Crippen LogP contribution in [0, 0.1) is 5.92 Å². The van der Waals surface area contributed by atoms with Gasteiger partial charge in [0.25, 0.3) is 0 Å². The molecule has 0 aromatic heterocycles. The summed E-state index contributed by atoms with van der Waals surface area (Å²) in [7, 11) is -3.09. The van der Waals surface area contributed by atoms with Crippen LogP contribution in [0.15, 0.2) is 5.11 Å². The molecule has 1 aliphatic rings. The molecule has 0 aromatic carbocycles. The summed E-state index contributed by atoms with van der Waals surface area (Å²) in [5.74, 6) is 0.175. The first-order chi connectivity index (χ1) is 6.54. The highest BCUT2D eigenvalue weighted by atomic mass is 32.2. The summed E-state index contributed by atoms with van der Waals surface area (Å²) in [5, 5.41) is 3.47. The summed E-state index contributed by atoms with van der Waals surface area (Å²) in [6, 6.07) is 0. The number of piperidine rings is 1. The number of hydrogen-bond acceptors (Lipinski definition) is 3. The van der Waals surface area contributed by atoms with E-state index in [1.165, 1.54) is 10.6 Å². The van der Waals surface area contributed by atoms with Gasteiger partial charge in [-0.1, -0.05) is 5.11 Å². The van der Waals surface area contributed by atoms with Crippen LogP contribution in [0.5, 0.6) is 0 Å². The minimum atomic E-state index is -3.09. The minimum absolute atomic E-state index is 0.175. The van der Waals surface area contributed by atoms with Crippen molar-refractivity contribution in [1.82, 2.24) is 4.31 Å². The fourth-order valence-corrected chi connectivity index (χ4v) is 2.57. The summed E-state index contributed by atoms with van der Waals surface area (Å²) < 4.78 is 23.9. The Morgan fingerprint density at radius 2 is 2.36 bits per heavy atom. The maximum absolute atomic E-state index is 11.2. The number of nitrogens with zero attached hydrogens (tertiary/aromatic N) is 4. The van der Waals surface area contributed by atoms with Gasteiger partial charge in [-0.25, -0.2) is 12.7 Å². The van der Waals surface area contributed by atoms with Crippen LogP contribution in [0.4, 0.5) is 0 Å². The van der Waals surface area contributed by atoms with Gasteiger partial charge in [0.15, 0.2) is 0 Å². The highest BCUT2D eigenvalue weighted by molar-refractivity contribution is 7.88. The zero-order valence-corrected chi connectivity index (χ0v) is 8.94. The first-order valence-corrected chi connectivity index (χ1v) is 6.35. The lowest BCUT2D eigenvalue weighted by molar-refractivity contribution is 0.273. The van der Waals surface area contributed by atoms with E-state index in [9.17, 15) is 8.42 Å². The smallest absolute Gasteiger partial charge is 0.211 e. The first-order valence-electron chi connectivity index (χ1n) is 4.50. The van der Waals surface area contributed by atoms with Crippen molar-refractivity contribution in [3.05, 3.63) is 10.4 Å². The molecule has 1 saturated heterocycles. The van der Waals surface area contributed by atoms with E-state index in [-0.39, 0.29) is 5.92 Å². The second kappa shape index (κ2) is 4.63. The number of rotatable bonds is 3. The molecule has 1 unspecified atom stereocenters. The summed E-state index contributed by atoms with van der Waals surface area (Å²) >= 11 is 0. The van der Waals surface area contributed by atoms with E-state index in [0.29, 0.717) is 19.6 Å². The largest absolute Gasteiger partial charge is 0.213 e. The molecule has 1 aliphatic heterocycles. The van der Waals surface area contributed by atoms with Gasteiger partial charge >= 0.3 is 0 Å². The second-order valence-corrected chi connectivity index (χ2v) is 5.53. The third-order valence-corrected chi connectivity index (χ3v) is 3.62. The molecular weight excluding hydrogens is 204 g/mol. The monoisotopic (exact) mass is 218 g/mol. The SMILES string of the molecule is CS(=O)(=O)N1CCCC(CN=[N+]=[N-])C1. The van der Waals surface area contributed by atoms with Crippen molar-refractivity contribution in [3.63, 3.8) is 0 Å². The number of hydrogen-bond donors (Lipinski definition) is 0. The molecule has 0 N–H and O–H groups in total. The molecule has 0 bridgehead atoms. The van der Waals surface area contributed by atoms with Crippen LogP contribution in [-0.2, 0) is 10.0 Å². The van der Waals surface area contributed by atoms with Crippen LogP contribution in [0.3, 0.4) is 0 Å². The molecule has 0 aromatic rings.